The lowest BCUT2D eigenvalue weighted by Gasteiger charge is -2.28. The summed E-state index contributed by atoms with van der Waals surface area (Å²) >= 11 is 12.7. The average Bonchev–Trinajstić information content (AvgIpc) is 3.14. The molecule has 6 rings (SSSR count). The molecule has 6 aromatic rings. The second kappa shape index (κ2) is 17.0. The van der Waals surface area contributed by atoms with Crippen molar-refractivity contribution in [2.24, 2.45) is 0 Å². The van der Waals surface area contributed by atoms with E-state index in [2.05, 4.69) is 16.0 Å². The van der Waals surface area contributed by atoms with Gasteiger partial charge in [0.25, 0.3) is 0 Å². The summed E-state index contributed by atoms with van der Waals surface area (Å²) in [5.41, 5.74) is 4.28. The van der Waals surface area contributed by atoms with Crippen LogP contribution in [0.3, 0.4) is 0 Å². The van der Waals surface area contributed by atoms with Crippen LogP contribution < -0.4 is 25.4 Å². The maximum absolute atomic E-state index is 13.9. The van der Waals surface area contributed by atoms with Crippen molar-refractivity contribution in [1.29, 1.82) is 0 Å². The van der Waals surface area contributed by atoms with E-state index in [4.69, 9.17) is 47.4 Å². The number of halogens is 2. The van der Waals surface area contributed by atoms with Crippen molar-refractivity contribution < 1.29 is 23.8 Å². The van der Waals surface area contributed by atoms with Crippen LogP contribution in [0.1, 0.15) is 40.5 Å². The number of methoxy groups -OCH3 is 2. The summed E-state index contributed by atoms with van der Waals surface area (Å²) in [6, 6.07) is 22.1. The minimum Gasteiger partial charge on any atom is -0.497 e. The van der Waals surface area contributed by atoms with E-state index in [1.807, 2.05) is 72.8 Å². The Balaban J connectivity index is 1.19. The standard InChI is InChI=1S/C42H46Cl2N6O5/c1-25(47-41(52)55-42(2,3)4)40(51)50(19-7-17-45-38-30-13-9-26(43)21-36(30)48-34-15-11-28(53-5)23-32(34)38)20-8-18-46-39-31-14-10-27(44)22-37(31)49-35-16-12-29(54-6)24-33(35)39/h9-16,21-25H,7-8,17-20H2,1-6H3,(H,45,48)(H,46,49)(H,47,52)/t25-/m0/s1. The summed E-state index contributed by atoms with van der Waals surface area (Å²) in [6.45, 7) is 9.03. The number of nitrogens with zero attached hydrogens (tertiary/aromatic N) is 3. The van der Waals surface area contributed by atoms with Crippen LogP contribution in [0, 0.1) is 0 Å². The number of carbonyl (C=O) groups excluding carboxylic acids is 2. The van der Waals surface area contributed by atoms with Crippen LogP contribution in [0.4, 0.5) is 16.2 Å². The highest BCUT2D eigenvalue weighted by molar-refractivity contribution is 6.32. The van der Waals surface area contributed by atoms with Crippen LogP contribution in [0.15, 0.2) is 72.8 Å². The highest BCUT2D eigenvalue weighted by Gasteiger charge is 2.25. The van der Waals surface area contributed by atoms with E-state index in [-0.39, 0.29) is 5.91 Å². The summed E-state index contributed by atoms with van der Waals surface area (Å²) in [5, 5.41) is 14.8. The summed E-state index contributed by atoms with van der Waals surface area (Å²) in [4.78, 5) is 38.0. The van der Waals surface area contributed by atoms with Gasteiger partial charge in [0.15, 0.2) is 0 Å². The van der Waals surface area contributed by atoms with Crippen molar-refractivity contribution in [2.75, 3.05) is 51.0 Å². The average molecular weight is 786 g/mol. The van der Waals surface area contributed by atoms with Gasteiger partial charge in [-0.15, -0.1) is 0 Å². The Bertz CT molecular complexity index is 2230. The molecule has 0 spiro atoms. The molecule has 0 saturated carbocycles. The Labute approximate surface area is 330 Å². The lowest BCUT2D eigenvalue weighted by Crippen LogP contribution is -2.49. The molecule has 2 amide bonds. The van der Waals surface area contributed by atoms with Gasteiger partial charge in [0.1, 0.15) is 23.1 Å². The zero-order chi connectivity index (χ0) is 39.3. The first-order valence-corrected chi connectivity index (χ1v) is 19.0. The van der Waals surface area contributed by atoms with Crippen molar-refractivity contribution >= 4 is 90.2 Å². The number of alkyl carbamates (subject to hydrolysis) is 1. The molecule has 1 atom stereocenters. The largest absolute Gasteiger partial charge is 0.497 e. The maximum Gasteiger partial charge on any atom is 0.408 e. The second-order valence-corrected chi connectivity index (χ2v) is 15.2. The molecule has 0 aliphatic rings. The van der Waals surface area contributed by atoms with Crippen molar-refractivity contribution in [1.82, 2.24) is 20.2 Å². The number of benzene rings is 4. The first kappa shape index (κ1) is 39.4. The van der Waals surface area contributed by atoms with Gasteiger partial charge in [0.05, 0.1) is 47.7 Å². The number of anilines is 2. The monoisotopic (exact) mass is 784 g/mol. The first-order chi connectivity index (χ1) is 26.3. The maximum atomic E-state index is 13.9. The lowest BCUT2D eigenvalue weighted by molar-refractivity contribution is -0.133. The Morgan fingerprint density at radius 3 is 1.60 bits per heavy atom. The summed E-state index contributed by atoms with van der Waals surface area (Å²) < 4.78 is 16.5. The minimum absolute atomic E-state index is 0.204. The number of ether oxygens (including phenoxy) is 3. The number of rotatable bonds is 14. The van der Waals surface area contributed by atoms with Crippen LogP contribution in [-0.2, 0) is 9.53 Å². The number of aromatic nitrogens is 2. The van der Waals surface area contributed by atoms with E-state index in [0.29, 0.717) is 49.1 Å². The number of hydrogen-bond acceptors (Lipinski definition) is 9. The molecule has 4 aromatic carbocycles. The molecule has 0 radical (unpaired) electrons. The van der Waals surface area contributed by atoms with Gasteiger partial charge >= 0.3 is 6.09 Å². The molecule has 2 heterocycles. The molecule has 0 aliphatic heterocycles. The van der Waals surface area contributed by atoms with Gasteiger partial charge in [-0.25, -0.2) is 14.8 Å². The Morgan fingerprint density at radius 1 is 0.691 bits per heavy atom. The predicted octanol–water partition coefficient (Wildman–Crippen LogP) is 9.46. The molecular formula is C42H46Cl2N6O5. The van der Waals surface area contributed by atoms with Crippen LogP contribution in [0.5, 0.6) is 11.5 Å². The Kier molecular flexibility index (Phi) is 12.2. The number of pyridine rings is 2. The normalized spacial score (nSPS) is 12.1. The smallest absolute Gasteiger partial charge is 0.408 e. The second-order valence-electron chi connectivity index (χ2n) is 14.3. The Hall–Kier alpha value is -5.26. The fraction of sp³-hybridized carbons (Fsp3) is 0.333. The number of carbonyl (C=O) groups is 2. The fourth-order valence-electron chi connectivity index (χ4n) is 6.55. The van der Waals surface area contributed by atoms with Gasteiger partial charge < -0.3 is 35.1 Å². The summed E-state index contributed by atoms with van der Waals surface area (Å²) in [7, 11) is 3.27. The third-order valence-corrected chi connectivity index (χ3v) is 9.58. The van der Waals surface area contributed by atoms with Gasteiger partial charge in [0, 0.05) is 57.8 Å². The third kappa shape index (κ3) is 9.52. The van der Waals surface area contributed by atoms with Gasteiger partial charge in [-0.2, -0.15) is 0 Å². The molecule has 13 heteroatoms. The quantitative estimate of drug-likeness (QED) is 0.0731. The Morgan fingerprint density at radius 2 is 1.16 bits per heavy atom. The SMILES string of the molecule is COc1ccc2nc3cc(Cl)ccc3c(NCCCN(CCCNc3c4ccc(Cl)cc4nc4ccc(OC)cc34)C(=O)[C@H](C)NC(=O)OC(C)(C)C)c2c1. The number of amides is 2. The molecule has 0 saturated heterocycles. The van der Waals surface area contributed by atoms with Crippen molar-refractivity contribution in [3.05, 3.63) is 82.8 Å². The first-order valence-electron chi connectivity index (χ1n) is 18.2. The summed E-state index contributed by atoms with van der Waals surface area (Å²) in [5.74, 6) is 1.24. The molecule has 2 aromatic heterocycles. The molecule has 3 N–H and O–H groups in total. The molecular weight excluding hydrogens is 739 g/mol. The summed E-state index contributed by atoms with van der Waals surface area (Å²) in [6.07, 6.45) is 0.610. The molecule has 0 fully saturated rings. The van der Waals surface area contributed by atoms with Gasteiger partial charge in [-0.05, 0) is 113 Å². The molecule has 0 bridgehead atoms. The molecule has 0 unspecified atom stereocenters. The minimum atomic E-state index is -0.800. The number of nitrogens with one attached hydrogen (secondary N) is 3. The van der Waals surface area contributed by atoms with Crippen LogP contribution in [0.2, 0.25) is 10.0 Å². The predicted molar refractivity (Wildman–Crippen MR) is 223 cm³/mol. The van der Waals surface area contributed by atoms with Gasteiger partial charge in [0.2, 0.25) is 5.91 Å². The van der Waals surface area contributed by atoms with Crippen LogP contribution in [-0.4, -0.2) is 78.9 Å². The zero-order valence-corrected chi connectivity index (χ0v) is 33.4. The third-order valence-electron chi connectivity index (χ3n) is 9.11. The van der Waals surface area contributed by atoms with Crippen molar-refractivity contribution in [3.63, 3.8) is 0 Å². The molecule has 11 nitrogen and oxygen atoms in total. The fourth-order valence-corrected chi connectivity index (χ4v) is 6.88. The van der Waals surface area contributed by atoms with E-state index in [9.17, 15) is 9.59 Å². The molecule has 55 heavy (non-hydrogen) atoms. The number of hydrogen-bond donors (Lipinski definition) is 3. The van der Waals surface area contributed by atoms with Crippen LogP contribution >= 0.6 is 23.2 Å². The van der Waals surface area contributed by atoms with E-state index in [1.165, 1.54) is 0 Å². The highest BCUT2D eigenvalue weighted by Crippen LogP contribution is 2.35. The van der Waals surface area contributed by atoms with E-state index in [1.54, 1.807) is 46.8 Å². The van der Waals surface area contributed by atoms with E-state index >= 15 is 0 Å². The van der Waals surface area contributed by atoms with Crippen molar-refractivity contribution in [2.45, 2.75) is 52.2 Å². The molecule has 0 aliphatic carbocycles. The van der Waals surface area contributed by atoms with Gasteiger partial charge in [-0.3, -0.25) is 4.79 Å². The number of fused-ring (bicyclic) bond motifs is 4. The van der Waals surface area contributed by atoms with Gasteiger partial charge in [-0.1, -0.05) is 23.2 Å². The highest BCUT2D eigenvalue weighted by atomic mass is 35.5. The van der Waals surface area contributed by atoms with E-state index < -0.39 is 17.7 Å². The van der Waals surface area contributed by atoms with Crippen molar-refractivity contribution in [3.8, 4) is 11.5 Å². The molecule has 288 valence electrons. The van der Waals surface area contributed by atoms with Crippen LogP contribution in [0.25, 0.3) is 43.6 Å². The van der Waals surface area contributed by atoms with E-state index in [0.717, 1.165) is 66.5 Å². The topological polar surface area (TPSA) is 127 Å². The lowest BCUT2D eigenvalue weighted by atomic mass is 10.1. The zero-order valence-electron chi connectivity index (χ0n) is 31.9.